The van der Waals surface area contributed by atoms with Gasteiger partial charge >= 0.3 is 0 Å². The Morgan fingerprint density at radius 1 is 1.17 bits per heavy atom. The molecule has 0 unspecified atom stereocenters. The van der Waals surface area contributed by atoms with Gasteiger partial charge < -0.3 is 10.2 Å². The Bertz CT molecular complexity index is 692. The van der Waals surface area contributed by atoms with Crippen LogP contribution < -0.4 is 5.32 Å². The maximum atomic E-state index is 12.1. The molecular weight excluding hydrogens is 326 g/mol. The fourth-order valence-electron chi connectivity index (χ4n) is 2.26. The van der Waals surface area contributed by atoms with E-state index in [1.165, 1.54) is 11.8 Å². The normalized spacial score (nSPS) is 10.2. The van der Waals surface area contributed by atoms with Crippen LogP contribution >= 0.6 is 11.6 Å². The maximum Gasteiger partial charge on any atom is 0.239 e. The van der Waals surface area contributed by atoms with E-state index in [-0.39, 0.29) is 18.4 Å². The summed E-state index contributed by atoms with van der Waals surface area (Å²) in [4.78, 5) is 29.2. The van der Waals surface area contributed by atoms with Gasteiger partial charge in [0.1, 0.15) is 0 Å². The molecule has 0 atom stereocenters. The van der Waals surface area contributed by atoms with Crippen LogP contribution in [0.2, 0.25) is 5.02 Å². The molecule has 5 nitrogen and oxygen atoms in total. The molecule has 1 aromatic carbocycles. The summed E-state index contributed by atoms with van der Waals surface area (Å²) in [5.41, 5.74) is 2.00. The van der Waals surface area contributed by atoms with Gasteiger partial charge in [-0.25, -0.2) is 0 Å². The average molecular weight is 346 g/mol. The summed E-state index contributed by atoms with van der Waals surface area (Å²) in [7, 11) is 0. The van der Waals surface area contributed by atoms with E-state index in [1.54, 1.807) is 12.4 Å². The summed E-state index contributed by atoms with van der Waals surface area (Å²) in [5, 5.41) is 3.51. The first-order valence-electron chi connectivity index (χ1n) is 7.70. The van der Waals surface area contributed by atoms with Gasteiger partial charge in [0, 0.05) is 37.4 Å². The van der Waals surface area contributed by atoms with Crippen molar-refractivity contribution in [1.29, 1.82) is 0 Å². The molecule has 0 aliphatic heterocycles. The first-order chi connectivity index (χ1) is 11.5. The SMILES string of the molecule is CC(=O)N(CC(=O)NCCc1cccc(Cl)c1)Cc1ccncc1. The van der Waals surface area contributed by atoms with Crippen molar-refractivity contribution in [1.82, 2.24) is 15.2 Å². The smallest absolute Gasteiger partial charge is 0.239 e. The van der Waals surface area contributed by atoms with Gasteiger partial charge in [-0.05, 0) is 41.8 Å². The molecule has 2 aromatic rings. The summed E-state index contributed by atoms with van der Waals surface area (Å²) >= 11 is 5.93. The largest absolute Gasteiger partial charge is 0.354 e. The van der Waals surface area contributed by atoms with Crippen molar-refractivity contribution in [3.8, 4) is 0 Å². The second-order valence-electron chi connectivity index (χ2n) is 5.46. The maximum absolute atomic E-state index is 12.1. The highest BCUT2D eigenvalue weighted by molar-refractivity contribution is 6.30. The number of benzene rings is 1. The number of halogens is 1. The highest BCUT2D eigenvalue weighted by Gasteiger charge is 2.13. The van der Waals surface area contributed by atoms with Crippen molar-refractivity contribution >= 4 is 23.4 Å². The molecule has 0 spiro atoms. The monoisotopic (exact) mass is 345 g/mol. The number of rotatable bonds is 7. The molecule has 2 rings (SSSR count). The lowest BCUT2D eigenvalue weighted by atomic mass is 10.1. The van der Waals surface area contributed by atoms with Crippen molar-refractivity contribution in [3.05, 3.63) is 64.9 Å². The number of carbonyl (C=O) groups excluding carboxylic acids is 2. The lowest BCUT2D eigenvalue weighted by Gasteiger charge is -2.20. The first kappa shape index (κ1) is 17.9. The Hall–Kier alpha value is -2.40. The number of carbonyl (C=O) groups is 2. The van der Waals surface area contributed by atoms with Crippen LogP contribution in [0.3, 0.4) is 0 Å². The van der Waals surface area contributed by atoms with Crippen LogP contribution in [0.15, 0.2) is 48.8 Å². The highest BCUT2D eigenvalue weighted by Crippen LogP contribution is 2.10. The van der Waals surface area contributed by atoms with Crippen molar-refractivity contribution in [2.75, 3.05) is 13.1 Å². The number of nitrogens with zero attached hydrogens (tertiary/aromatic N) is 2. The molecule has 0 saturated carbocycles. The molecule has 0 saturated heterocycles. The van der Waals surface area contributed by atoms with Gasteiger partial charge in [-0.3, -0.25) is 14.6 Å². The number of pyridine rings is 1. The fourth-order valence-corrected chi connectivity index (χ4v) is 2.47. The van der Waals surface area contributed by atoms with E-state index in [1.807, 2.05) is 36.4 Å². The topological polar surface area (TPSA) is 62.3 Å². The Morgan fingerprint density at radius 2 is 1.92 bits per heavy atom. The average Bonchev–Trinajstić information content (AvgIpc) is 2.55. The summed E-state index contributed by atoms with van der Waals surface area (Å²) in [6.45, 7) is 2.38. The number of hydrogen-bond acceptors (Lipinski definition) is 3. The lowest BCUT2D eigenvalue weighted by Crippen LogP contribution is -2.39. The van der Waals surface area contributed by atoms with E-state index < -0.39 is 0 Å². The lowest BCUT2D eigenvalue weighted by molar-refractivity contribution is -0.134. The van der Waals surface area contributed by atoms with Crippen LogP contribution in [-0.2, 0) is 22.6 Å². The number of nitrogens with one attached hydrogen (secondary N) is 1. The molecule has 0 fully saturated rings. The van der Waals surface area contributed by atoms with E-state index in [0.29, 0.717) is 24.5 Å². The molecule has 1 N–H and O–H groups in total. The van der Waals surface area contributed by atoms with E-state index in [4.69, 9.17) is 11.6 Å². The molecule has 24 heavy (non-hydrogen) atoms. The van der Waals surface area contributed by atoms with Crippen molar-refractivity contribution in [2.24, 2.45) is 0 Å². The molecule has 0 radical (unpaired) electrons. The van der Waals surface area contributed by atoms with Crippen LogP contribution in [0, 0.1) is 0 Å². The Labute approximate surface area is 146 Å². The third kappa shape index (κ3) is 6.01. The standard InChI is InChI=1S/C18H20ClN3O2/c1-14(23)22(12-16-5-8-20-9-6-16)13-18(24)21-10-7-15-3-2-4-17(19)11-15/h2-6,8-9,11H,7,10,12-13H2,1H3,(H,21,24). The zero-order valence-corrected chi connectivity index (χ0v) is 14.3. The number of aromatic nitrogens is 1. The number of amides is 2. The number of hydrogen-bond donors (Lipinski definition) is 1. The van der Waals surface area contributed by atoms with E-state index >= 15 is 0 Å². The van der Waals surface area contributed by atoms with Gasteiger partial charge in [-0.2, -0.15) is 0 Å². The van der Waals surface area contributed by atoms with Crippen LogP contribution in [0.1, 0.15) is 18.1 Å². The van der Waals surface area contributed by atoms with Crippen LogP contribution in [0.25, 0.3) is 0 Å². The van der Waals surface area contributed by atoms with Gasteiger partial charge in [-0.1, -0.05) is 23.7 Å². The predicted molar refractivity (Wildman–Crippen MR) is 93.5 cm³/mol. The minimum absolute atomic E-state index is 0.0349. The first-order valence-corrected chi connectivity index (χ1v) is 8.08. The zero-order valence-electron chi connectivity index (χ0n) is 13.5. The van der Waals surface area contributed by atoms with Gasteiger partial charge in [-0.15, -0.1) is 0 Å². The highest BCUT2D eigenvalue weighted by atomic mass is 35.5. The molecular formula is C18H20ClN3O2. The van der Waals surface area contributed by atoms with Crippen molar-refractivity contribution in [2.45, 2.75) is 19.9 Å². The third-order valence-corrected chi connectivity index (χ3v) is 3.76. The van der Waals surface area contributed by atoms with Crippen LogP contribution in [0.5, 0.6) is 0 Å². The van der Waals surface area contributed by atoms with Gasteiger partial charge in [0.15, 0.2) is 0 Å². The van der Waals surface area contributed by atoms with Crippen LogP contribution in [-0.4, -0.2) is 34.8 Å². The molecule has 2 amide bonds. The van der Waals surface area contributed by atoms with Crippen molar-refractivity contribution in [3.63, 3.8) is 0 Å². The van der Waals surface area contributed by atoms with Crippen LogP contribution in [0.4, 0.5) is 0 Å². The van der Waals surface area contributed by atoms with E-state index in [9.17, 15) is 9.59 Å². The predicted octanol–water partition coefficient (Wildman–Crippen LogP) is 2.44. The fraction of sp³-hybridized carbons (Fsp3) is 0.278. The Balaban J connectivity index is 1.81. The molecule has 0 aliphatic rings. The Kier molecular flexibility index (Phi) is 6.75. The van der Waals surface area contributed by atoms with E-state index in [2.05, 4.69) is 10.3 Å². The third-order valence-electron chi connectivity index (χ3n) is 3.53. The van der Waals surface area contributed by atoms with Gasteiger partial charge in [0.2, 0.25) is 11.8 Å². The summed E-state index contributed by atoms with van der Waals surface area (Å²) in [6, 6.07) is 11.2. The quantitative estimate of drug-likeness (QED) is 0.838. The molecule has 1 heterocycles. The minimum atomic E-state index is -0.179. The molecule has 6 heteroatoms. The Morgan fingerprint density at radius 3 is 2.58 bits per heavy atom. The zero-order chi connectivity index (χ0) is 17.4. The van der Waals surface area contributed by atoms with Gasteiger partial charge in [0.25, 0.3) is 0 Å². The molecule has 0 aliphatic carbocycles. The summed E-state index contributed by atoms with van der Waals surface area (Å²) < 4.78 is 0. The summed E-state index contributed by atoms with van der Waals surface area (Å²) in [5.74, 6) is -0.321. The molecule has 126 valence electrons. The second kappa shape index (κ2) is 9.03. The summed E-state index contributed by atoms with van der Waals surface area (Å²) in [6.07, 6.45) is 4.02. The van der Waals surface area contributed by atoms with Crippen molar-refractivity contribution < 1.29 is 9.59 Å². The second-order valence-corrected chi connectivity index (χ2v) is 5.90. The van der Waals surface area contributed by atoms with E-state index in [0.717, 1.165) is 11.1 Å². The molecule has 0 bridgehead atoms. The minimum Gasteiger partial charge on any atom is -0.354 e. The van der Waals surface area contributed by atoms with Gasteiger partial charge in [0.05, 0.1) is 6.54 Å². The molecule has 1 aromatic heterocycles.